The number of nitrogens with zero attached hydrogens (tertiary/aromatic N) is 4. The number of aliphatic hydroxyl groups is 2. The predicted molar refractivity (Wildman–Crippen MR) is 144 cm³/mol. The number of rotatable bonds is 10. The summed E-state index contributed by atoms with van der Waals surface area (Å²) < 4.78 is 54.1. The first-order valence-corrected chi connectivity index (χ1v) is 16.4. The van der Waals surface area contributed by atoms with Crippen LogP contribution in [0, 0.1) is 0 Å². The first-order chi connectivity index (χ1) is 19.4. The van der Waals surface area contributed by atoms with Crippen molar-refractivity contribution in [1.82, 2.24) is 19.5 Å². The molecular formula is C22H25N5O11P3+. The zero-order valence-electron chi connectivity index (χ0n) is 20.9. The van der Waals surface area contributed by atoms with Crippen molar-refractivity contribution in [2.75, 3.05) is 12.3 Å². The number of aromatic nitrogens is 4. The molecule has 16 nitrogen and oxygen atoms in total. The molecule has 1 fully saturated rings. The van der Waals surface area contributed by atoms with Gasteiger partial charge in [-0.05, 0) is 25.2 Å². The van der Waals surface area contributed by atoms with Gasteiger partial charge in [0.2, 0.25) is 0 Å². The van der Waals surface area contributed by atoms with Gasteiger partial charge in [-0.15, -0.1) is 0 Å². The first kappa shape index (κ1) is 29.8. The van der Waals surface area contributed by atoms with E-state index in [-0.39, 0.29) is 17.0 Å². The molecule has 1 saturated heterocycles. The van der Waals surface area contributed by atoms with Crippen LogP contribution in [0.5, 0.6) is 0 Å². The van der Waals surface area contributed by atoms with Crippen molar-refractivity contribution in [1.29, 1.82) is 0 Å². The minimum absolute atomic E-state index is 0.0724. The van der Waals surface area contributed by atoms with E-state index in [1.807, 2.05) is 0 Å². The number of imidazole rings is 1. The summed E-state index contributed by atoms with van der Waals surface area (Å²) in [6, 6.07) is 12.1. The first-order valence-electron chi connectivity index (χ1n) is 12.0. The van der Waals surface area contributed by atoms with Gasteiger partial charge in [0.05, 0.1) is 12.9 Å². The van der Waals surface area contributed by atoms with Crippen molar-refractivity contribution in [3.8, 4) is 0 Å². The lowest BCUT2D eigenvalue weighted by molar-refractivity contribution is -0.0500. The number of hydrogen-bond donors (Lipinski definition) is 6. The molecule has 7 N–H and O–H groups in total. The van der Waals surface area contributed by atoms with Crippen molar-refractivity contribution in [2.24, 2.45) is 0 Å². The maximum atomic E-state index is 12.9. The lowest BCUT2D eigenvalue weighted by atomic mass is 10.0. The molecule has 1 aliphatic heterocycles. The summed E-state index contributed by atoms with van der Waals surface area (Å²) in [4.78, 5) is 41.9. The van der Waals surface area contributed by atoms with Crippen LogP contribution < -0.4 is 5.73 Å². The number of nitrogen functional groups attached to an aromatic ring is 1. The predicted octanol–water partition coefficient (Wildman–Crippen LogP) is 1.80. The Morgan fingerprint density at radius 3 is 2.54 bits per heavy atom. The Kier molecular flexibility index (Phi) is 8.37. The molecule has 0 saturated carbocycles. The van der Waals surface area contributed by atoms with Crippen LogP contribution in [0.25, 0.3) is 21.9 Å². The third-order valence-corrected chi connectivity index (χ3v) is 11.5. The minimum atomic E-state index is -5.21. The van der Waals surface area contributed by atoms with E-state index in [0.29, 0.717) is 10.9 Å². The third-order valence-electron chi connectivity index (χ3n) is 6.50. The summed E-state index contributed by atoms with van der Waals surface area (Å²) in [5, 5.41) is 20.5. The summed E-state index contributed by atoms with van der Waals surface area (Å²) in [6.07, 6.45) is -3.78. The molecule has 1 aliphatic rings. The van der Waals surface area contributed by atoms with Crippen LogP contribution in [0.15, 0.2) is 55.1 Å². The van der Waals surface area contributed by atoms with Crippen molar-refractivity contribution >= 4 is 51.2 Å². The highest BCUT2D eigenvalue weighted by molar-refractivity contribution is 7.69. The Bertz CT molecular complexity index is 1690. The van der Waals surface area contributed by atoms with E-state index in [1.54, 1.807) is 42.5 Å². The Hall–Kier alpha value is -2.71. The molecule has 3 heterocycles. The number of hydrogen-bond acceptors (Lipinski definition) is 12. The summed E-state index contributed by atoms with van der Waals surface area (Å²) in [6.45, 7) is -0.820. The molecular weight excluding hydrogens is 603 g/mol. The molecule has 2 aromatic heterocycles. The number of anilines is 1. The molecule has 5 rings (SSSR count). The lowest BCUT2D eigenvalue weighted by Crippen LogP contribution is -2.33. The Balaban J connectivity index is 1.27. The highest BCUT2D eigenvalue weighted by Gasteiger charge is 2.53. The molecule has 0 bridgehead atoms. The molecule has 4 aromatic rings. The van der Waals surface area contributed by atoms with Crippen molar-refractivity contribution in [2.45, 2.75) is 36.4 Å². The highest BCUT2D eigenvalue weighted by Crippen LogP contribution is 2.62. The van der Waals surface area contributed by atoms with E-state index in [9.17, 15) is 38.6 Å². The number of nitrogens with two attached hydrogens (primary N) is 1. The van der Waals surface area contributed by atoms with Gasteiger partial charge in [-0.1, -0.05) is 42.5 Å². The van der Waals surface area contributed by atoms with Gasteiger partial charge in [0.15, 0.2) is 17.7 Å². The van der Waals surface area contributed by atoms with Gasteiger partial charge in [-0.3, -0.25) is 13.7 Å². The largest absolute Gasteiger partial charge is 0.535 e. The van der Waals surface area contributed by atoms with E-state index in [4.69, 9.17) is 15.0 Å². The molecule has 7 atom stereocenters. The van der Waals surface area contributed by atoms with Crippen LogP contribution in [0.3, 0.4) is 0 Å². The topological polar surface area (TPSA) is 250 Å². The van der Waals surface area contributed by atoms with E-state index in [0.717, 1.165) is 5.39 Å². The van der Waals surface area contributed by atoms with E-state index in [1.165, 1.54) is 17.2 Å². The van der Waals surface area contributed by atoms with Crippen LogP contribution >= 0.6 is 23.4 Å². The number of ether oxygens (including phenoxy) is 1. The van der Waals surface area contributed by atoms with Crippen molar-refractivity contribution in [3.05, 3.63) is 60.7 Å². The minimum Gasteiger partial charge on any atom is -0.387 e. The molecule has 3 unspecified atom stereocenters. The molecule has 0 radical (unpaired) electrons. The average molecular weight is 628 g/mol. The van der Waals surface area contributed by atoms with Gasteiger partial charge in [0.25, 0.3) is 5.40 Å². The van der Waals surface area contributed by atoms with Gasteiger partial charge in [-0.25, -0.2) is 19.5 Å². The molecule has 2 aromatic carbocycles. The smallest absolute Gasteiger partial charge is 0.387 e. The number of fused-ring (bicyclic) bond motifs is 2. The fourth-order valence-electron chi connectivity index (χ4n) is 4.48. The second-order valence-electron chi connectivity index (χ2n) is 9.17. The molecule has 0 aliphatic carbocycles. The highest BCUT2D eigenvalue weighted by atomic mass is 31.3. The van der Waals surface area contributed by atoms with Gasteiger partial charge in [-0.2, -0.15) is 0 Å². The number of benzene rings is 2. The zero-order valence-corrected chi connectivity index (χ0v) is 23.6. The summed E-state index contributed by atoms with van der Waals surface area (Å²) in [5.41, 5.74) is 6.62. The molecule has 218 valence electrons. The Morgan fingerprint density at radius 1 is 1.05 bits per heavy atom. The Morgan fingerprint density at radius 2 is 1.78 bits per heavy atom. The summed E-state index contributed by atoms with van der Waals surface area (Å²) >= 11 is 0. The monoisotopic (exact) mass is 628 g/mol. The molecule has 0 amide bonds. The van der Waals surface area contributed by atoms with Gasteiger partial charge in [0.1, 0.15) is 30.2 Å². The van der Waals surface area contributed by atoms with Gasteiger partial charge in [0, 0.05) is 6.42 Å². The molecule has 0 spiro atoms. The number of phosphoric ester groups is 1. The van der Waals surface area contributed by atoms with Crippen LogP contribution in [0.4, 0.5) is 5.82 Å². The normalized spacial score (nSPS) is 24.0. The molecule has 19 heteroatoms. The number of phosphoric acid groups is 1. The van der Waals surface area contributed by atoms with Crippen molar-refractivity contribution in [3.63, 3.8) is 0 Å². The SMILES string of the molecule is Nc1ncnc2c1ncn2[C@@H]1O[C@H](COP(=O)(O)O[P+](=O)C(Cc2cccc3ccccc23)P(=O)(O)O)[C@@H](O)[C@H]1O. The zero-order chi connectivity index (χ0) is 29.5. The summed E-state index contributed by atoms with van der Waals surface area (Å²) in [5.74, 6) is 0.0724. The summed E-state index contributed by atoms with van der Waals surface area (Å²) in [7, 11) is -13.8. The average Bonchev–Trinajstić information content (AvgIpc) is 3.46. The van der Waals surface area contributed by atoms with Crippen LogP contribution in [-0.4, -0.2) is 74.7 Å². The quantitative estimate of drug-likeness (QED) is 0.137. The van der Waals surface area contributed by atoms with E-state index >= 15 is 0 Å². The maximum absolute atomic E-state index is 12.9. The van der Waals surface area contributed by atoms with Gasteiger partial charge >= 0.3 is 23.4 Å². The lowest BCUT2D eigenvalue weighted by Gasteiger charge is -2.16. The fourth-order valence-corrected chi connectivity index (χ4v) is 8.40. The van der Waals surface area contributed by atoms with Crippen LogP contribution in [0.2, 0.25) is 0 Å². The van der Waals surface area contributed by atoms with Crippen LogP contribution in [-0.2, 0) is 33.7 Å². The maximum Gasteiger partial charge on any atom is 0.535 e. The van der Waals surface area contributed by atoms with E-state index in [2.05, 4.69) is 19.3 Å². The Labute approximate surface area is 232 Å². The van der Waals surface area contributed by atoms with Crippen LogP contribution in [0.1, 0.15) is 11.8 Å². The second-order valence-corrected chi connectivity index (χ2v) is 14.4. The van der Waals surface area contributed by atoms with Crippen molar-refractivity contribution < 1.29 is 52.2 Å². The molecule has 41 heavy (non-hydrogen) atoms. The second kappa shape index (κ2) is 11.5. The third kappa shape index (κ3) is 6.24. The fraction of sp³-hybridized carbons (Fsp3) is 0.318. The standard InChI is InChI=1S/C22H24N5O11P3/c23-20-17-21(25-10-24-20)27(11-26-17)22-19(29)18(28)15(37-22)9-36-41(34,35)38-39(30)16(40(31,32)33)8-13-6-3-5-12-4-1-2-7-14(12)13/h1-7,10-11,15-16,18-19,22,28-29H,8-9H2,(H4-,23,24,25,31,32,33,34,35)/p+1/t15-,16?,18-,19-,22-/m1/s1. The van der Waals surface area contributed by atoms with E-state index < -0.39 is 66.4 Å². The number of aliphatic hydroxyl groups excluding tert-OH is 2. The van der Waals surface area contributed by atoms with Gasteiger partial charge < -0.3 is 35.4 Å².